The molecule has 2 rings (SSSR count). The predicted molar refractivity (Wildman–Crippen MR) is 77.7 cm³/mol. The molecule has 0 aliphatic heterocycles. The summed E-state index contributed by atoms with van der Waals surface area (Å²) >= 11 is 0. The summed E-state index contributed by atoms with van der Waals surface area (Å²) in [6.07, 6.45) is 2.71. The molecule has 0 saturated heterocycles. The Hall–Kier alpha value is -0.860. The number of hydrogen-bond acceptors (Lipinski definition) is 2. The molecule has 1 fully saturated rings. The van der Waals surface area contributed by atoms with E-state index in [1.807, 2.05) is 0 Å². The average Bonchev–Trinajstić information content (AvgIpc) is 3.20. The van der Waals surface area contributed by atoms with Crippen molar-refractivity contribution in [3.05, 3.63) is 35.4 Å². The van der Waals surface area contributed by atoms with E-state index in [4.69, 9.17) is 5.73 Å². The van der Waals surface area contributed by atoms with E-state index in [1.165, 1.54) is 24.0 Å². The Balaban J connectivity index is 1.97. The van der Waals surface area contributed by atoms with Gasteiger partial charge in [0, 0.05) is 18.6 Å². The summed E-state index contributed by atoms with van der Waals surface area (Å²) in [5, 5.41) is 0. The van der Waals surface area contributed by atoms with E-state index >= 15 is 0 Å². The van der Waals surface area contributed by atoms with Crippen molar-refractivity contribution in [3.63, 3.8) is 0 Å². The maximum absolute atomic E-state index is 6.32. The van der Waals surface area contributed by atoms with Gasteiger partial charge in [0.2, 0.25) is 0 Å². The van der Waals surface area contributed by atoms with Crippen molar-refractivity contribution >= 4 is 0 Å². The van der Waals surface area contributed by atoms with E-state index in [0.717, 1.165) is 19.1 Å². The van der Waals surface area contributed by atoms with Gasteiger partial charge < -0.3 is 5.73 Å². The van der Waals surface area contributed by atoms with E-state index in [-0.39, 0.29) is 6.04 Å². The zero-order valence-corrected chi connectivity index (χ0v) is 11.9. The third-order valence-electron chi connectivity index (χ3n) is 3.93. The maximum Gasteiger partial charge on any atom is 0.0424 e. The van der Waals surface area contributed by atoms with Gasteiger partial charge in [0.15, 0.2) is 0 Å². The molecule has 2 N–H and O–H groups in total. The van der Waals surface area contributed by atoms with Gasteiger partial charge in [-0.05, 0) is 36.4 Å². The minimum atomic E-state index is 0.145. The lowest BCUT2D eigenvalue weighted by Gasteiger charge is -2.24. The first-order valence-corrected chi connectivity index (χ1v) is 7.21. The van der Waals surface area contributed by atoms with Crippen LogP contribution in [0.25, 0.3) is 0 Å². The molecule has 0 aromatic heterocycles. The average molecular weight is 246 g/mol. The summed E-state index contributed by atoms with van der Waals surface area (Å²) in [4.78, 5) is 2.51. The fourth-order valence-electron chi connectivity index (χ4n) is 2.46. The highest BCUT2D eigenvalue weighted by molar-refractivity contribution is 5.26. The SMILES string of the molecule is CCN(CC(N)c1ccc(C(C)C)cc1)C1CC1. The molecule has 0 spiro atoms. The molecule has 0 amide bonds. The Kier molecular flexibility index (Phi) is 4.41. The van der Waals surface area contributed by atoms with Crippen molar-refractivity contribution in [2.45, 2.75) is 51.6 Å². The third kappa shape index (κ3) is 3.33. The summed E-state index contributed by atoms with van der Waals surface area (Å²) in [7, 11) is 0. The lowest BCUT2D eigenvalue weighted by atomic mass is 9.99. The van der Waals surface area contributed by atoms with E-state index in [9.17, 15) is 0 Å². The molecule has 1 aromatic rings. The number of rotatable bonds is 6. The van der Waals surface area contributed by atoms with Gasteiger partial charge in [-0.2, -0.15) is 0 Å². The van der Waals surface area contributed by atoms with Crippen LogP contribution in [-0.2, 0) is 0 Å². The summed E-state index contributed by atoms with van der Waals surface area (Å²) in [6.45, 7) is 8.78. The van der Waals surface area contributed by atoms with Gasteiger partial charge in [-0.15, -0.1) is 0 Å². The molecular weight excluding hydrogens is 220 g/mol. The minimum absolute atomic E-state index is 0.145. The van der Waals surface area contributed by atoms with E-state index in [2.05, 4.69) is 49.9 Å². The highest BCUT2D eigenvalue weighted by Crippen LogP contribution is 2.28. The number of likely N-dealkylation sites (N-methyl/N-ethyl adjacent to an activating group) is 1. The monoisotopic (exact) mass is 246 g/mol. The molecule has 18 heavy (non-hydrogen) atoms. The minimum Gasteiger partial charge on any atom is -0.323 e. The van der Waals surface area contributed by atoms with Crippen LogP contribution in [0.2, 0.25) is 0 Å². The molecule has 1 aliphatic rings. The van der Waals surface area contributed by atoms with E-state index < -0.39 is 0 Å². The fraction of sp³-hybridized carbons (Fsp3) is 0.625. The molecule has 1 atom stereocenters. The van der Waals surface area contributed by atoms with Gasteiger partial charge in [0.1, 0.15) is 0 Å². The largest absolute Gasteiger partial charge is 0.323 e. The summed E-state index contributed by atoms with van der Waals surface area (Å²) in [5.41, 5.74) is 8.97. The second-order valence-electron chi connectivity index (χ2n) is 5.75. The third-order valence-corrected chi connectivity index (χ3v) is 3.93. The highest BCUT2D eigenvalue weighted by Gasteiger charge is 2.28. The smallest absolute Gasteiger partial charge is 0.0424 e. The topological polar surface area (TPSA) is 29.3 Å². The molecule has 0 heterocycles. The Labute approximate surface area is 111 Å². The lowest BCUT2D eigenvalue weighted by molar-refractivity contribution is 0.260. The van der Waals surface area contributed by atoms with Gasteiger partial charge in [0.25, 0.3) is 0 Å². The summed E-state index contributed by atoms with van der Waals surface area (Å²) in [5.74, 6) is 0.592. The van der Waals surface area contributed by atoms with Crippen LogP contribution >= 0.6 is 0 Å². The summed E-state index contributed by atoms with van der Waals surface area (Å²) < 4.78 is 0. The van der Waals surface area contributed by atoms with Crippen molar-refractivity contribution in [2.24, 2.45) is 5.73 Å². The second kappa shape index (κ2) is 5.85. The lowest BCUT2D eigenvalue weighted by Crippen LogP contribution is -2.33. The van der Waals surface area contributed by atoms with Crippen molar-refractivity contribution in [1.29, 1.82) is 0 Å². The first kappa shape index (κ1) is 13.6. The van der Waals surface area contributed by atoms with Crippen molar-refractivity contribution < 1.29 is 0 Å². The first-order chi connectivity index (χ1) is 8.61. The van der Waals surface area contributed by atoms with Crippen molar-refractivity contribution in [1.82, 2.24) is 4.90 Å². The van der Waals surface area contributed by atoms with Crippen LogP contribution < -0.4 is 5.73 Å². The molecule has 0 bridgehead atoms. The zero-order chi connectivity index (χ0) is 13.1. The van der Waals surface area contributed by atoms with Gasteiger partial charge in [-0.25, -0.2) is 0 Å². The predicted octanol–water partition coefficient (Wildman–Crippen LogP) is 3.29. The van der Waals surface area contributed by atoms with Crippen LogP contribution in [-0.4, -0.2) is 24.0 Å². The van der Waals surface area contributed by atoms with E-state index in [1.54, 1.807) is 0 Å². The van der Waals surface area contributed by atoms with Crippen LogP contribution in [0.4, 0.5) is 0 Å². The van der Waals surface area contributed by atoms with Crippen LogP contribution in [0.3, 0.4) is 0 Å². The first-order valence-electron chi connectivity index (χ1n) is 7.21. The molecule has 2 nitrogen and oxygen atoms in total. The van der Waals surface area contributed by atoms with Gasteiger partial charge in [-0.1, -0.05) is 45.0 Å². The molecule has 0 radical (unpaired) electrons. The Bertz CT molecular complexity index is 365. The number of hydrogen-bond donors (Lipinski definition) is 1. The van der Waals surface area contributed by atoms with Gasteiger partial charge >= 0.3 is 0 Å². The highest BCUT2D eigenvalue weighted by atomic mass is 15.2. The zero-order valence-electron chi connectivity index (χ0n) is 11.9. The van der Waals surface area contributed by atoms with Crippen molar-refractivity contribution in [3.8, 4) is 0 Å². The summed E-state index contributed by atoms with van der Waals surface area (Å²) in [6, 6.07) is 9.77. The molecule has 2 heteroatoms. The molecule has 1 saturated carbocycles. The van der Waals surface area contributed by atoms with Gasteiger partial charge in [-0.3, -0.25) is 4.90 Å². The Morgan fingerprint density at radius 3 is 2.17 bits per heavy atom. The standard InChI is InChI=1S/C16H26N2/c1-4-18(15-9-10-15)11-16(17)14-7-5-13(6-8-14)12(2)3/h5-8,12,15-16H,4,9-11,17H2,1-3H3. The van der Waals surface area contributed by atoms with Crippen molar-refractivity contribution in [2.75, 3.05) is 13.1 Å². The maximum atomic E-state index is 6.32. The van der Waals surface area contributed by atoms with Crippen LogP contribution in [0, 0.1) is 0 Å². The normalized spacial score (nSPS) is 17.4. The number of benzene rings is 1. The number of nitrogens with two attached hydrogens (primary N) is 1. The Morgan fingerprint density at radius 1 is 1.17 bits per heavy atom. The number of nitrogens with zero attached hydrogens (tertiary/aromatic N) is 1. The molecule has 100 valence electrons. The molecule has 1 unspecified atom stereocenters. The quantitative estimate of drug-likeness (QED) is 0.834. The molecule has 1 aliphatic carbocycles. The molecular formula is C16H26N2. The molecule has 1 aromatic carbocycles. The Morgan fingerprint density at radius 2 is 1.72 bits per heavy atom. The van der Waals surface area contributed by atoms with Crippen LogP contribution in [0.1, 0.15) is 56.7 Å². The van der Waals surface area contributed by atoms with Crippen LogP contribution in [0.5, 0.6) is 0 Å². The van der Waals surface area contributed by atoms with E-state index in [0.29, 0.717) is 5.92 Å². The van der Waals surface area contributed by atoms with Gasteiger partial charge in [0.05, 0.1) is 0 Å². The fourth-order valence-corrected chi connectivity index (χ4v) is 2.46. The van der Waals surface area contributed by atoms with Crippen LogP contribution in [0.15, 0.2) is 24.3 Å². The second-order valence-corrected chi connectivity index (χ2v) is 5.75.